The summed E-state index contributed by atoms with van der Waals surface area (Å²) in [6.45, 7) is 5.14. The molecule has 0 saturated heterocycles. The van der Waals surface area contributed by atoms with Gasteiger partial charge in [0.1, 0.15) is 5.75 Å². The molecule has 3 nitrogen and oxygen atoms in total. The molecule has 4 heteroatoms. The zero-order chi connectivity index (χ0) is 12.8. The quantitative estimate of drug-likeness (QED) is 0.847. The summed E-state index contributed by atoms with van der Waals surface area (Å²) in [5.74, 6) is 1.35. The van der Waals surface area contributed by atoms with E-state index < -0.39 is 10.8 Å². The highest BCUT2D eigenvalue weighted by molar-refractivity contribution is 7.83. The van der Waals surface area contributed by atoms with E-state index in [9.17, 15) is 4.21 Å². The van der Waals surface area contributed by atoms with Crippen LogP contribution in [0.5, 0.6) is 5.75 Å². The van der Waals surface area contributed by atoms with Crippen molar-refractivity contribution in [1.82, 2.24) is 5.32 Å². The zero-order valence-electron chi connectivity index (χ0n) is 10.9. The predicted molar refractivity (Wildman–Crippen MR) is 72.9 cm³/mol. The number of methoxy groups -OCH3 is 1. The first-order valence-corrected chi connectivity index (χ1v) is 7.51. The molecule has 0 aliphatic rings. The minimum Gasteiger partial charge on any atom is -0.496 e. The standard InChI is InChI=1S/C13H21NO2S/c1-5-14-10(2)11-6-7-13(16-3)12(8-11)9-17(4)15/h6-8,10,14H,5,9H2,1-4H3. The topological polar surface area (TPSA) is 38.3 Å². The van der Waals surface area contributed by atoms with E-state index in [0.29, 0.717) is 11.8 Å². The molecule has 0 aromatic heterocycles. The van der Waals surface area contributed by atoms with E-state index in [0.717, 1.165) is 17.9 Å². The Kier molecular flexibility index (Phi) is 5.65. The van der Waals surface area contributed by atoms with Gasteiger partial charge < -0.3 is 10.1 Å². The second-order valence-electron chi connectivity index (χ2n) is 4.07. The van der Waals surface area contributed by atoms with E-state index in [-0.39, 0.29) is 0 Å². The van der Waals surface area contributed by atoms with Crippen molar-refractivity contribution in [3.05, 3.63) is 29.3 Å². The van der Waals surface area contributed by atoms with Gasteiger partial charge in [-0.15, -0.1) is 0 Å². The van der Waals surface area contributed by atoms with Crippen LogP contribution in [0.2, 0.25) is 0 Å². The normalized spacial score (nSPS) is 14.4. The van der Waals surface area contributed by atoms with Gasteiger partial charge in [0, 0.05) is 28.7 Å². The molecule has 17 heavy (non-hydrogen) atoms. The first-order chi connectivity index (χ1) is 8.08. The molecule has 0 radical (unpaired) electrons. The van der Waals surface area contributed by atoms with Crippen LogP contribution in [-0.4, -0.2) is 24.1 Å². The van der Waals surface area contributed by atoms with Gasteiger partial charge in [-0.25, -0.2) is 0 Å². The maximum absolute atomic E-state index is 11.3. The average molecular weight is 255 g/mol. The Morgan fingerprint density at radius 2 is 2.18 bits per heavy atom. The number of benzene rings is 1. The zero-order valence-corrected chi connectivity index (χ0v) is 11.8. The molecule has 0 saturated carbocycles. The Hall–Kier alpha value is -0.870. The van der Waals surface area contributed by atoms with Crippen LogP contribution in [0, 0.1) is 0 Å². The van der Waals surface area contributed by atoms with Crippen molar-refractivity contribution < 1.29 is 8.95 Å². The monoisotopic (exact) mass is 255 g/mol. The fourth-order valence-electron chi connectivity index (χ4n) is 1.82. The third-order valence-electron chi connectivity index (χ3n) is 2.67. The number of hydrogen-bond donors (Lipinski definition) is 1. The fourth-order valence-corrected chi connectivity index (χ4v) is 2.49. The SMILES string of the molecule is CCNC(C)c1ccc(OC)c(CS(C)=O)c1. The van der Waals surface area contributed by atoms with E-state index >= 15 is 0 Å². The molecule has 0 aliphatic heterocycles. The van der Waals surface area contributed by atoms with Crippen LogP contribution in [0.3, 0.4) is 0 Å². The molecule has 0 bridgehead atoms. The molecule has 1 aromatic carbocycles. The van der Waals surface area contributed by atoms with Gasteiger partial charge in [0.15, 0.2) is 0 Å². The summed E-state index contributed by atoms with van der Waals surface area (Å²) in [4.78, 5) is 0. The third-order valence-corrected chi connectivity index (χ3v) is 3.39. The van der Waals surface area contributed by atoms with Crippen molar-refractivity contribution in [2.24, 2.45) is 0 Å². The molecule has 1 rings (SSSR count). The Bertz CT molecular complexity index is 393. The van der Waals surface area contributed by atoms with E-state index in [4.69, 9.17) is 4.74 Å². The first kappa shape index (κ1) is 14.2. The fraction of sp³-hybridized carbons (Fsp3) is 0.538. The van der Waals surface area contributed by atoms with Crippen LogP contribution < -0.4 is 10.1 Å². The highest BCUT2D eigenvalue weighted by Gasteiger charge is 2.09. The lowest BCUT2D eigenvalue weighted by Crippen LogP contribution is -2.17. The number of nitrogens with one attached hydrogen (secondary N) is 1. The molecular formula is C13H21NO2S. The van der Waals surface area contributed by atoms with E-state index in [1.807, 2.05) is 12.1 Å². The summed E-state index contributed by atoms with van der Waals surface area (Å²) in [5.41, 5.74) is 2.21. The largest absolute Gasteiger partial charge is 0.496 e. The van der Waals surface area contributed by atoms with Crippen LogP contribution in [0.15, 0.2) is 18.2 Å². The highest BCUT2D eigenvalue weighted by Crippen LogP contribution is 2.24. The van der Waals surface area contributed by atoms with E-state index in [1.54, 1.807) is 13.4 Å². The molecular weight excluding hydrogens is 234 g/mol. The number of rotatable bonds is 6. The maximum Gasteiger partial charge on any atom is 0.123 e. The van der Waals surface area contributed by atoms with Gasteiger partial charge in [0.25, 0.3) is 0 Å². The smallest absolute Gasteiger partial charge is 0.123 e. The lowest BCUT2D eigenvalue weighted by Gasteiger charge is -2.15. The van der Waals surface area contributed by atoms with Crippen molar-refractivity contribution in [2.75, 3.05) is 19.9 Å². The third kappa shape index (κ3) is 4.13. The van der Waals surface area contributed by atoms with Crippen LogP contribution in [0.1, 0.15) is 31.0 Å². The van der Waals surface area contributed by atoms with Crippen LogP contribution >= 0.6 is 0 Å². The maximum atomic E-state index is 11.3. The van der Waals surface area contributed by atoms with E-state index in [2.05, 4.69) is 25.2 Å². The summed E-state index contributed by atoms with van der Waals surface area (Å²) in [6.07, 6.45) is 1.71. The van der Waals surface area contributed by atoms with Gasteiger partial charge >= 0.3 is 0 Å². The van der Waals surface area contributed by atoms with Gasteiger partial charge in [-0.1, -0.05) is 13.0 Å². The number of hydrogen-bond acceptors (Lipinski definition) is 3. The van der Waals surface area contributed by atoms with Gasteiger partial charge in [-0.3, -0.25) is 4.21 Å². The molecule has 0 fully saturated rings. The number of ether oxygens (including phenoxy) is 1. The lowest BCUT2D eigenvalue weighted by molar-refractivity contribution is 0.410. The Morgan fingerprint density at radius 3 is 2.71 bits per heavy atom. The Morgan fingerprint density at radius 1 is 1.47 bits per heavy atom. The van der Waals surface area contributed by atoms with E-state index in [1.165, 1.54) is 5.56 Å². The van der Waals surface area contributed by atoms with Crippen LogP contribution in [0.25, 0.3) is 0 Å². The summed E-state index contributed by atoms with van der Waals surface area (Å²) in [6, 6.07) is 6.38. The van der Waals surface area contributed by atoms with Gasteiger partial charge in [-0.2, -0.15) is 0 Å². The Balaban J connectivity index is 2.99. The lowest BCUT2D eigenvalue weighted by atomic mass is 10.0. The van der Waals surface area contributed by atoms with Gasteiger partial charge in [-0.05, 0) is 31.2 Å². The summed E-state index contributed by atoms with van der Waals surface area (Å²) < 4.78 is 16.6. The van der Waals surface area contributed by atoms with Crippen molar-refractivity contribution >= 4 is 10.8 Å². The van der Waals surface area contributed by atoms with Crippen molar-refractivity contribution in [3.63, 3.8) is 0 Å². The average Bonchev–Trinajstić information content (AvgIpc) is 2.28. The molecule has 1 aromatic rings. The first-order valence-electron chi connectivity index (χ1n) is 5.78. The summed E-state index contributed by atoms with van der Waals surface area (Å²) >= 11 is 0. The van der Waals surface area contributed by atoms with Crippen LogP contribution in [0.4, 0.5) is 0 Å². The second-order valence-corrected chi connectivity index (χ2v) is 5.50. The molecule has 0 heterocycles. The minimum atomic E-state index is -0.854. The summed E-state index contributed by atoms with van der Waals surface area (Å²) in [7, 11) is 0.790. The Labute approximate surface area is 106 Å². The minimum absolute atomic E-state index is 0.301. The predicted octanol–water partition coefficient (Wildman–Crippen LogP) is 2.24. The molecule has 2 unspecified atom stereocenters. The van der Waals surface area contributed by atoms with Gasteiger partial charge in [0.05, 0.1) is 12.9 Å². The van der Waals surface area contributed by atoms with Crippen LogP contribution in [-0.2, 0) is 16.6 Å². The molecule has 96 valence electrons. The second kappa shape index (κ2) is 6.77. The highest BCUT2D eigenvalue weighted by atomic mass is 32.2. The van der Waals surface area contributed by atoms with Gasteiger partial charge in [0.2, 0.25) is 0 Å². The summed E-state index contributed by atoms with van der Waals surface area (Å²) in [5, 5.41) is 3.36. The molecule has 1 N–H and O–H groups in total. The molecule has 0 spiro atoms. The van der Waals surface area contributed by atoms with Crippen molar-refractivity contribution in [2.45, 2.75) is 25.6 Å². The van der Waals surface area contributed by atoms with Crippen molar-refractivity contribution in [3.8, 4) is 5.75 Å². The van der Waals surface area contributed by atoms with Crippen molar-refractivity contribution in [1.29, 1.82) is 0 Å². The molecule has 2 atom stereocenters. The molecule has 0 aliphatic carbocycles. The molecule has 0 amide bonds.